The molecule has 5 nitrogen and oxygen atoms in total. The highest BCUT2D eigenvalue weighted by atomic mass is 16.2. The van der Waals surface area contributed by atoms with E-state index in [-0.39, 0.29) is 36.2 Å². The average Bonchev–Trinajstić information content (AvgIpc) is 2.55. The van der Waals surface area contributed by atoms with E-state index in [1.807, 2.05) is 27.7 Å². The number of carbonyl (C=O) groups is 3. The Labute approximate surface area is 107 Å². The minimum absolute atomic E-state index is 0.130. The number of nitrogens with one attached hydrogen (secondary N) is 1. The van der Waals surface area contributed by atoms with Gasteiger partial charge in [-0.1, -0.05) is 13.8 Å². The SMILES string of the molecule is CC(C)C(C)(C)NC(=O)CCN1C(=O)C=CC1=O. The summed E-state index contributed by atoms with van der Waals surface area (Å²) in [6, 6.07) is 0. The number of carbonyl (C=O) groups excluding carboxylic acids is 3. The van der Waals surface area contributed by atoms with Crippen LogP contribution in [0.15, 0.2) is 12.2 Å². The van der Waals surface area contributed by atoms with Crippen LogP contribution in [0.3, 0.4) is 0 Å². The normalized spacial score (nSPS) is 15.7. The maximum atomic E-state index is 11.8. The van der Waals surface area contributed by atoms with Crippen molar-refractivity contribution in [1.29, 1.82) is 0 Å². The van der Waals surface area contributed by atoms with Gasteiger partial charge in [-0.2, -0.15) is 0 Å². The Morgan fingerprint density at radius 3 is 2.22 bits per heavy atom. The largest absolute Gasteiger partial charge is 0.351 e. The van der Waals surface area contributed by atoms with Crippen LogP contribution in [0.1, 0.15) is 34.1 Å². The molecule has 100 valence electrons. The molecule has 18 heavy (non-hydrogen) atoms. The van der Waals surface area contributed by atoms with Gasteiger partial charge in [0.05, 0.1) is 0 Å². The highest BCUT2D eigenvalue weighted by Gasteiger charge is 2.26. The van der Waals surface area contributed by atoms with Crippen molar-refractivity contribution in [3.8, 4) is 0 Å². The Kier molecular flexibility index (Phi) is 4.27. The summed E-state index contributed by atoms with van der Waals surface area (Å²) >= 11 is 0. The lowest BCUT2D eigenvalue weighted by molar-refractivity contribution is -0.137. The van der Waals surface area contributed by atoms with E-state index in [0.717, 1.165) is 4.90 Å². The van der Waals surface area contributed by atoms with Gasteiger partial charge in [-0.25, -0.2) is 0 Å². The summed E-state index contributed by atoms with van der Waals surface area (Å²) in [5.41, 5.74) is -0.297. The highest BCUT2D eigenvalue weighted by molar-refractivity contribution is 6.13. The highest BCUT2D eigenvalue weighted by Crippen LogP contribution is 2.15. The molecule has 0 bridgehead atoms. The second-order valence-corrected chi connectivity index (χ2v) is 5.34. The first kappa shape index (κ1) is 14.4. The summed E-state index contributed by atoms with van der Waals surface area (Å²) in [7, 11) is 0. The number of nitrogens with zero attached hydrogens (tertiary/aromatic N) is 1. The molecular formula is C13H20N2O3. The number of hydrogen-bond acceptors (Lipinski definition) is 3. The van der Waals surface area contributed by atoms with E-state index >= 15 is 0 Å². The van der Waals surface area contributed by atoms with Gasteiger partial charge >= 0.3 is 0 Å². The number of imide groups is 1. The zero-order valence-corrected chi connectivity index (χ0v) is 11.3. The molecule has 0 unspecified atom stereocenters. The van der Waals surface area contributed by atoms with E-state index in [4.69, 9.17) is 0 Å². The van der Waals surface area contributed by atoms with Crippen molar-refractivity contribution in [3.63, 3.8) is 0 Å². The van der Waals surface area contributed by atoms with Gasteiger partial charge in [0, 0.05) is 30.7 Å². The van der Waals surface area contributed by atoms with Crippen molar-refractivity contribution in [2.45, 2.75) is 39.7 Å². The van der Waals surface area contributed by atoms with E-state index in [0.29, 0.717) is 5.92 Å². The number of rotatable bonds is 5. The zero-order valence-electron chi connectivity index (χ0n) is 11.3. The first-order valence-electron chi connectivity index (χ1n) is 6.08. The van der Waals surface area contributed by atoms with Gasteiger partial charge in [0.25, 0.3) is 11.8 Å². The standard InChI is InChI=1S/C13H20N2O3/c1-9(2)13(3,4)14-10(16)7-8-15-11(17)5-6-12(15)18/h5-6,9H,7-8H2,1-4H3,(H,14,16). The van der Waals surface area contributed by atoms with E-state index in [1.54, 1.807) is 0 Å². The quantitative estimate of drug-likeness (QED) is 0.738. The molecule has 5 heteroatoms. The van der Waals surface area contributed by atoms with E-state index in [9.17, 15) is 14.4 Å². The van der Waals surface area contributed by atoms with Crippen LogP contribution in [0.5, 0.6) is 0 Å². The molecule has 0 aliphatic carbocycles. The maximum absolute atomic E-state index is 11.8. The molecule has 1 heterocycles. The maximum Gasteiger partial charge on any atom is 0.253 e. The average molecular weight is 252 g/mol. The van der Waals surface area contributed by atoms with Crippen molar-refractivity contribution in [2.24, 2.45) is 5.92 Å². The van der Waals surface area contributed by atoms with Crippen LogP contribution >= 0.6 is 0 Å². The molecule has 1 aliphatic rings. The monoisotopic (exact) mass is 252 g/mol. The van der Waals surface area contributed by atoms with Gasteiger partial charge in [0.15, 0.2) is 0 Å². The molecule has 0 spiro atoms. The van der Waals surface area contributed by atoms with Crippen LogP contribution in [0.4, 0.5) is 0 Å². The molecule has 1 N–H and O–H groups in total. The fourth-order valence-electron chi connectivity index (χ4n) is 1.43. The molecule has 0 aromatic rings. The van der Waals surface area contributed by atoms with Crippen molar-refractivity contribution in [2.75, 3.05) is 6.54 Å². The fourth-order valence-corrected chi connectivity index (χ4v) is 1.43. The Morgan fingerprint density at radius 1 is 1.28 bits per heavy atom. The molecule has 0 saturated heterocycles. The van der Waals surface area contributed by atoms with E-state index < -0.39 is 0 Å². The van der Waals surface area contributed by atoms with E-state index in [1.165, 1.54) is 12.2 Å². The third-order valence-corrected chi connectivity index (χ3v) is 3.37. The molecule has 0 saturated carbocycles. The predicted octanol–water partition coefficient (Wildman–Crippen LogP) is 0.852. The summed E-state index contributed by atoms with van der Waals surface area (Å²) in [5, 5.41) is 2.90. The molecule has 0 aromatic heterocycles. The Bertz CT molecular complexity index is 379. The second-order valence-electron chi connectivity index (χ2n) is 5.34. The molecule has 1 rings (SSSR count). The van der Waals surface area contributed by atoms with E-state index in [2.05, 4.69) is 5.32 Å². The third-order valence-electron chi connectivity index (χ3n) is 3.37. The summed E-state index contributed by atoms with van der Waals surface area (Å²) < 4.78 is 0. The molecule has 0 aromatic carbocycles. The predicted molar refractivity (Wildman–Crippen MR) is 67.5 cm³/mol. The van der Waals surface area contributed by atoms with Gasteiger partial charge in [-0.15, -0.1) is 0 Å². The second kappa shape index (κ2) is 5.33. The van der Waals surface area contributed by atoms with Gasteiger partial charge in [0.2, 0.25) is 5.91 Å². The topological polar surface area (TPSA) is 66.5 Å². The van der Waals surface area contributed by atoms with Gasteiger partial charge in [-0.05, 0) is 19.8 Å². The molecule has 1 aliphatic heterocycles. The fraction of sp³-hybridized carbons (Fsp3) is 0.615. The number of hydrogen-bond donors (Lipinski definition) is 1. The Balaban J connectivity index is 2.43. The van der Waals surface area contributed by atoms with Crippen molar-refractivity contribution in [3.05, 3.63) is 12.2 Å². The molecule has 0 fully saturated rings. The number of amides is 3. The minimum atomic E-state index is -0.351. The van der Waals surface area contributed by atoms with Gasteiger partial charge in [0.1, 0.15) is 0 Å². The van der Waals surface area contributed by atoms with Crippen LogP contribution in [-0.4, -0.2) is 34.7 Å². The minimum Gasteiger partial charge on any atom is -0.351 e. The van der Waals surface area contributed by atoms with Gasteiger partial charge < -0.3 is 5.32 Å². The van der Waals surface area contributed by atoms with Crippen LogP contribution in [0.2, 0.25) is 0 Å². The Morgan fingerprint density at radius 2 is 1.78 bits per heavy atom. The third kappa shape index (κ3) is 3.42. The molecule has 0 radical (unpaired) electrons. The van der Waals surface area contributed by atoms with Crippen LogP contribution in [-0.2, 0) is 14.4 Å². The summed E-state index contributed by atoms with van der Waals surface area (Å²) in [4.78, 5) is 35.4. The molecular weight excluding hydrogens is 232 g/mol. The lowest BCUT2D eigenvalue weighted by Crippen LogP contribution is -2.48. The summed E-state index contributed by atoms with van der Waals surface area (Å²) in [6.45, 7) is 8.08. The smallest absolute Gasteiger partial charge is 0.253 e. The van der Waals surface area contributed by atoms with Crippen molar-refractivity contribution >= 4 is 17.7 Å². The molecule has 3 amide bonds. The lowest BCUT2D eigenvalue weighted by atomic mass is 9.90. The van der Waals surface area contributed by atoms with Crippen LogP contribution < -0.4 is 5.32 Å². The summed E-state index contributed by atoms with van der Waals surface area (Å²) in [5.74, 6) is -0.550. The van der Waals surface area contributed by atoms with Crippen LogP contribution in [0, 0.1) is 5.92 Å². The van der Waals surface area contributed by atoms with Crippen LogP contribution in [0.25, 0.3) is 0 Å². The van der Waals surface area contributed by atoms with Crippen molar-refractivity contribution < 1.29 is 14.4 Å². The lowest BCUT2D eigenvalue weighted by Gasteiger charge is -2.30. The summed E-state index contributed by atoms with van der Waals surface area (Å²) in [6.07, 6.45) is 2.58. The Hall–Kier alpha value is -1.65. The molecule has 0 atom stereocenters. The first-order valence-corrected chi connectivity index (χ1v) is 6.08. The zero-order chi connectivity index (χ0) is 13.9. The van der Waals surface area contributed by atoms with Gasteiger partial charge in [-0.3, -0.25) is 19.3 Å². The first-order chi connectivity index (χ1) is 8.24. The van der Waals surface area contributed by atoms with Crippen molar-refractivity contribution in [1.82, 2.24) is 10.2 Å².